The van der Waals surface area contributed by atoms with Gasteiger partial charge in [-0.05, 0) is 12.8 Å². The quantitative estimate of drug-likeness (QED) is 0.525. The van der Waals surface area contributed by atoms with Crippen molar-refractivity contribution in [3.05, 3.63) is 0 Å². The van der Waals surface area contributed by atoms with Crippen molar-refractivity contribution in [2.45, 2.75) is 12.8 Å². The van der Waals surface area contributed by atoms with Crippen molar-refractivity contribution in [2.24, 2.45) is 5.41 Å². The summed E-state index contributed by atoms with van der Waals surface area (Å²) in [6.45, 7) is 0.432. The first-order valence-corrected chi connectivity index (χ1v) is 4.78. The number of aliphatic hydroxyl groups excluding tert-OH is 3. The fraction of sp³-hybridized carbons (Fsp3) is 0.889. The molecule has 5 nitrogen and oxygen atoms in total. The average Bonchev–Trinajstić information content (AvgIpc) is 2.28. The Morgan fingerprint density at radius 2 is 1.64 bits per heavy atom. The van der Waals surface area contributed by atoms with Crippen molar-refractivity contribution in [2.75, 3.05) is 32.9 Å². The van der Waals surface area contributed by atoms with E-state index in [1.807, 2.05) is 0 Å². The Morgan fingerprint density at radius 1 is 1.14 bits per heavy atom. The number of hydrogen-bond donors (Lipinski definition) is 3. The second-order valence-electron chi connectivity index (χ2n) is 3.86. The van der Waals surface area contributed by atoms with E-state index in [-0.39, 0.29) is 19.1 Å². The van der Waals surface area contributed by atoms with E-state index in [1.165, 1.54) is 0 Å². The Labute approximate surface area is 83.0 Å². The molecular weight excluding hydrogens is 186 g/mol. The van der Waals surface area contributed by atoms with Gasteiger partial charge < -0.3 is 20.2 Å². The summed E-state index contributed by atoms with van der Waals surface area (Å²) < 4.78 is 0. The van der Waals surface area contributed by atoms with Gasteiger partial charge >= 0.3 is 0 Å². The van der Waals surface area contributed by atoms with Gasteiger partial charge in [0.05, 0.1) is 13.2 Å². The molecule has 0 aromatic heterocycles. The number of hydrogen-bond acceptors (Lipinski definition) is 4. The molecule has 0 aromatic carbocycles. The lowest BCUT2D eigenvalue weighted by atomic mass is 9.80. The number of amides is 1. The molecule has 0 atom stereocenters. The van der Waals surface area contributed by atoms with Crippen LogP contribution >= 0.6 is 0 Å². The van der Waals surface area contributed by atoms with Crippen LogP contribution in [-0.4, -0.2) is 59.0 Å². The largest absolute Gasteiger partial charge is 0.396 e. The Bertz CT molecular complexity index is 193. The van der Waals surface area contributed by atoms with E-state index >= 15 is 0 Å². The highest BCUT2D eigenvalue weighted by Crippen LogP contribution is 2.30. The first-order chi connectivity index (χ1) is 6.67. The molecule has 0 saturated carbocycles. The molecule has 1 fully saturated rings. The van der Waals surface area contributed by atoms with Crippen LogP contribution < -0.4 is 0 Å². The fourth-order valence-corrected chi connectivity index (χ4v) is 1.70. The molecule has 1 aliphatic rings. The monoisotopic (exact) mass is 203 g/mol. The Hall–Kier alpha value is -0.650. The second kappa shape index (κ2) is 4.72. The Morgan fingerprint density at radius 3 is 2.00 bits per heavy atom. The molecule has 5 heteroatoms. The van der Waals surface area contributed by atoms with Crippen molar-refractivity contribution < 1.29 is 20.1 Å². The normalized spacial score (nSPS) is 20.9. The van der Waals surface area contributed by atoms with E-state index in [0.717, 1.165) is 0 Å². The second-order valence-corrected chi connectivity index (χ2v) is 3.86. The minimum Gasteiger partial charge on any atom is -0.396 e. The highest BCUT2D eigenvalue weighted by molar-refractivity contribution is 5.77. The molecule has 14 heavy (non-hydrogen) atoms. The first kappa shape index (κ1) is 11.4. The van der Waals surface area contributed by atoms with Gasteiger partial charge in [-0.15, -0.1) is 0 Å². The van der Waals surface area contributed by atoms with Crippen LogP contribution in [0.2, 0.25) is 0 Å². The van der Waals surface area contributed by atoms with Gasteiger partial charge in [0.15, 0.2) is 0 Å². The van der Waals surface area contributed by atoms with E-state index < -0.39 is 12.0 Å². The van der Waals surface area contributed by atoms with Crippen LogP contribution in [0.3, 0.4) is 0 Å². The third-order valence-electron chi connectivity index (χ3n) is 2.98. The molecule has 0 radical (unpaired) electrons. The van der Waals surface area contributed by atoms with Crippen molar-refractivity contribution in [1.29, 1.82) is 0 Å². The van der Waals surface area contributed by atoms with Gasteiger partial charge in [0, 0.05) is 18.5 Å². The molecule has 82 valence electrons. The summed E-state index contributed by atoms with van der Waals surface area (Å²) in [6, 6.07) is 0. The van der Waals surface area contributed by atoms with Gasteiger partial charge in [-0.1, -0.05) is 0 Å². The van der Waals surface area contributed by atoms with Gasteiger partial charge in [0.2, 0.25) is 5.91 Å². The predicted molar refractivity (Wildman–Crippen MR) is 49.5 cm³/mol. The standard InChI is InChI=1S/C9H17NO4/c11-5-8(14)10-3-1-9(6-12,7-13)2-4-10/h11-13H,1-7H2. The van der Waals surface area contributed by atoms with Crippen molar-refractivity contribution in [3.8, 4) is 0 Å². The number of piperidine rings is 1. The third-order valence-corrected chi connectivity index (χ3v) is 2.98. The maximum Gasteiger partial charge on any atom is 0.248 e. The van der Waals surface area contributed by atoms with Gasteiger partial charge in [0.25, 0.3) is 0 Å². The lowest BCUT2D eigenvalue weighted by Gasteiger charge is -2.39. The molecule has 0 aromatic rings. The molecule has 0 unspecified atom stereocenters. The summed E-state index contributed by atoms with van der Waals surface area (Å²) in [4.78, 5) is 12.7. The van der Waals surface area contributed by atoms with E-state index in [1.54, 1.807) is 4.90 Å². The molecule has 3 N–H and O–H groups in total. The zero-order valence-electron chi connectivity index (χ0n) is 8.15. The molecule has 1 heterocycles. The maximum atomic E-state index is 11.1. The van der Waals surface area contributed by atoms with Gasteiger partial charge in [-0.2, -0.15) is 0 Å². The number of rotatable bonds is 3. The maximum absolute atomic E-state index is 11.1. The average molecular weight is 203 g/mol. The number of nitrogens with zero attached hydrogens (tertiary/aromatic N) is 1. The summed E-state index contributed by atoms with van der Waals surface area (Å²) in [7, 11) is 0. The highest BCUT2D eigenvalue weighted by atomic mass is 16.3. The fourth-order valence-electron chi connectivity index (χ4n) is 1.70. The minimum absolute atomic E-state index is 0.0509. The molecule has 0 spiro atoms. The van der Waals surface area contributed by atoms with Crippen LogP contribution in [0.25, 0.3) is 0 Å². The molecule has 1 aliphatic heterocycles. The van der Waals surface area contributed by atoms with Crippen LogP contribution in [0.15, 0.2) is 0 Å². The van der Waals surface area contributed by atoms with E-state index in [9.17, 15) is 4.79 Å². The number of carbonyl (C=O) groups excluding carboxylic acids is 1. The smallest absolute Gasteiger partial charge is 0.248 e. The summed E-state index contributed by atoms with van der Waals surface area (Å²) in [5.74, 6) is -0.283. The van der Waals surface area contributed by atoms with Crippen molar-refractivity contribution in [1.82, 2.24) is 4.90 Å². The molecule has 1 amide bonds. The predicted octanol–water partition coefficient (Wildman–Crippen LogP) is -1.43. The van der Waals surface area contributed by atoms with E-state index in [4.69, 9.17) is 15.3 Å². The minimum atomic E-state index is -0.467. The summed E-state index contributed by atoms with van der Waals surface area (Å²) in [5, 5.41) is 26.9. The first-order valence-electron chi connectivity index (χ1n) is 4.78. The van der Waals surface area contributed by atoms with Crippen molar-refractivity contribution >= 4 is 5.91 Å². The van der Waals surface area contributed by atoms with E-state index in [0.29, 0.717) is 25.9 Å². The van der Waals surface area contributed by atoms with Crippen LogP contribution in [0.5, 0.6) is 0 Å². The molecule has 1 rings (SSSR count). The van der Waals surface area contributed by atoms with Gasteiger partial charge in [-0.3, -0.25) is 4.79 Å². The summed E-state index contributed by atoms with van der Waals surface area (Å²) in [5.41, 5.74) is -0.438. The van der Waals surface area contributed by atoms with Crippen molar-refractivity contribution in [3.63, 3.8) is 0 Å². The Kier molecular flexibility index (Phi) is 3.86. The topological polar surface area (TPSA) is 81.0 Å². The highest BCUT2D eigenvalue weighted by Gasteiger charge is 2.34. The van der Waals surface area contributed by atoms with Gasteiger partial charge in [0.1, 0.15) is 6.61 Å². The number of likely N-dealkylation sites (tertiary alicyclic amines) is 1. The van der Waals surface area contributed by atoms with Crippen LogP contribution in [0, 0.1) is 5.41 Å². The van der Waals surface area contributed by atoms with Crippen LogP contribution in [0.1, 0.15) is 12.8 Å². The summed E-state index contributed by atoms with van der Waals surface area (Å²) in [6.07, 6.45) is 1.18. The SMILES string of the molecule is O=C(CO)N1CCC(CO)(CO)CC1. The van der Waals surface area contributed by atoms with E-state index in [2.05, 4.69) is 0 Å². The zero-order valence-corrected chi connectivity index (χ0v) is 8.15. The number of aliphatic hydroxyl groups is 3. The molecule has 1 saturated heterocycles. The lowest BCUT2D eigenvalue weighted by Crippen LogP contribution is -2.47. The molecule has 0 aliphatic carbocycles. The zero-order chi connectivity index (χ0) is 10.6. The van der Waals surface area contributed by atoms with Gasteiger partial charge in [-0.25, -0.2) is 0 Å². The summed E-state index contributed by atoms with van der Waals surface area (Å²) >= 11 is 0. The van der Waals surface area contributed by atoms with Crippen LogP contribution in [0.4, 0.5) is 0 Å². The third kappa shape index (κ3) is 2.23. The number of carbonyl (C=O) groups is 1. The molecular formula is C9H17NO4. The molecule has 0 bridgehead atoms. The van der Waals surface area contributed by atoms with Crippen LogP contribution in [-0.2, 0) is 4.79 Å². The lowest BCUT2D eigenvalue weighted by molar-refractivity contribution is -0.137. The Balaban J connectivity index is 2.48.